The fourth-order valence-electron chi connectivity index (χ4n) is 2.73. The van der Waals surface area contributed by atoms with Crippen molar-refractivity contribution in [2.24, 2.45) is 11.8 Å². The second kappa shape index (κ2) is 4.16. The minimum Gasteiger partial charge on any atom is -0.511 e. The van der Waals surface area contributed by atoms with E-state index in [1.807, 2.05) is 0 Å². The van der Waals surface area contributed by atoms with Crippen LogP contribution in [-0.2, 0) is 4.79 Å². The van der Waals surface area contributed by atoms with E-state index in [0.717, 1.165) is 0 Å². The van der Waals surface area contributed by atoms with Gasteiger partial charge >= 0.3 is 0 Å². The highest BCUT2D eigenvalue weighted by molar-refractivity contribution is 6.19. The summed E-state index contributed by atoms with van der Waals surface area (Å²) in [7, 11) is 0. The number of carbonyl (C=O) groups excluding carboxylic acids is 3. The van der Waals surface area contributed by atoms with Crippen molar-refractivity contribution in [1.29, 1.82) is 0 Å². The summed E-state index contributed by atoms with van der Waals surface area (Å²) in [5.41, 5.74) is 0.211. The molecule has 5 nitrogen and oxygen atoms in total. The van der Waals surface area contributed by atoms with Gasteiger partial charge in [-0.25, -0.2) is 0 Å². The summed E-state index contributed by atoms with van der Waals surface area (Å²) in [6.07, 6.45) is 3.07. The molecular formula is C15H10O5. The highest BCUT2D eigenvalue weighted by Crippen LogP contribution is 2.40. The molecule has 2 unspecified atom stereocenters. The maximum Gasteiger partial charge on any atom is 0.178 e. The Morgan fingerprint density at radius 3 is 2.55 bits per heavy atom. The van der Waals surface area contributed by atoms with Crippen LogP contribution in [0.1, 0.15) is 20.7 Å². The molecule has 0 aliphatic heterocycles. The molecule has 0 saturated carbocycles. The summed E-state index contributed by atoms with van der Waals surface area (Å²) < 4.78 is 0. The van der Waals surface area contributed by atoms with Crippen LogP contribution in [0.15, 0.2) is 41.7 Å². The van der Waals surface area contributed by atoms with Crippen molar-refractivity contribution in [2.45, 2.75) is 0 Å². The van der Waals surface area contributed by atoms with Gasteiger partial charge in [0.1, 0.15) is 17.8 Å². The molecule has 0 fully saturated rings. The third-order valence-electron chi connectivity index (χ3n) is 3.64. The van der Waals surface area contributed by atoms with Crippen molar-refractivity contribution < 1.29 is 24.6 Å². The molecule has 5 heteroatoms. The largest absolute Gasteiger partial charge is 0.511 e. The smallest absolute Gasteiger partial charge is 0.178 e. The molecule has 1 aromatic carbocycles. The fourth-order valence-corrected chi connectivity index (χ4v) is 2.73. The zero-order valence-electron chi connectivity index (χ0n) is 10.2. The predicted octanol–water partition coefficient (Wildman–Crippen LogP) is 1.58. The van der Waals surface area contributed by atoms with Crippen molar-refractivity contribution in [1.82, 2.24) is 0 Å². The number of aliphatic hydroxyl groups is 1. The van der Waals surface area contributed by atoms with Crippen LogP contribution < -0.4 is 0 Å². The molecule has 0 aromatic heterocycles. The summed E-state index contributed by atoms with van der Waals surface area (Å²) in [4.78, 5) is 35.6. The number of aliphatic hydroxyl groups excluding tert-OH is 1. The van der Waals surface area contributed by atoms with Gasteiger partial charge in [0.25, 0.3) is 0 Å². The Morgan fingerprint density at radius 1 is 1.10 bits per heavy atom. The van der Waals surface area contributed by atoms with Crippen LogP contribution in [0.2, 0.25) is 0 Å². The molecule has 100 valence electrons. The number of fused-ring (bicyclic) bond motifs is 2. The van der Waals surface area contributed by atoms with Crippen LogP contribution in [0.3, 0.4) is 0 Å². The number of rotatable bonds is 1. The maximum atomic E-state index is 12.4. The molecule has 1 aromatic rings. The molecule has 2 aliphatic rings. The first-order chi connectivity index (χ1) is 9.54. The normalized spacial score (nSPS) is 24.4. The molecule has 3 rings (SSSR count). The SMILES string of the molecule is O=CC1=CC2C(=O)c3cccc(O)c3C(=O)C2C(O)=C1. The number of hydrogen-bond donors (Lipinski definition) is 2. The van der Waals surface area contributed by atoms with E-state index in [-0.39, 0.29) is 34.0 Å². The average molecular weight is 270 g/mol. The lowest BCUT2D eigenvalue weighted by molar-refractivity contribution is -0.104. The minimum absolute atomic E-state index is 0.0679. The van der Waals surface area contributed by atoms with Gasteiger partial charge in [-0.3, -0.25) is 14.4 Å². The molecule has 0 amide bonds. The van der Waals surface area contributed by atoms with Gasteiger partial charge in [0.2, 0.25) is 0 Å². The van der Waals surface area contributed by atoms with Gasteiger partial charge < -0.3 is 10.2 Å². The molecule has 20 heavy (non-hydrogen) atoms. The van der Waals surface area contributed by atoms with E-state index < -0.39 is 17.6 Å². The van der Waals surface area contributed by atoms with E-state index in [4.69, 9.17) is 0 Å². The fraction of sp³-hybridized carbons (Fsp3) is 0.133. The molecule has 0 spiro atoms. The van der Waals surface area contributed by atoms with Crippen LogP contribution in [0.5, 0.6) is 5.75 Å². The van der Waals surface area contributed by atoms with Crippen molar-refractivity contribution in [3.8, 4) is 5.75 Å². The Labute approximate surface area is 113 Å². The van der Waals surface area contributed by atoms with Gasteiger partial charge in [0.15, 0.2) is 11.6 Å². The summed E-state index contributed by atoms with van der Waals surface area (Å²) in [6, 6.07) is 4.25. The number of aldehydes is 1. The standard InChI is InChI=1S/C15H10O5/c16-6-7-4-9-13(11(18)5-7)15(20)12-8(14(9)19)2-1-3-10(12)17/h1-6,9,13,17-18H. The van der Waals surface area contributed by atoms with E-state index >= 15 is 0 Å². The summed E-state index contributed by atoms with van der Waals surface area (Å²) >= 11 is 0. The molecule has 0 radical (unpaired) electrons. The Kier molecular flexibility index (Phi) is 2.57. The van der Waals surface area contributed by atoms with Gasteiger partial charge in [0.05, 0.1) is 17.4 Å². The van der Waals surface area contributed by atoms with Crippen LogP contribution in [-0.4, -0.2) is 28.1 Å². The lowest BCUT2D eigenvalue weighted by atomic mass is 9.70. The van der Waals surface area contributed by atoms with Gasteiger partial charge in [-0.2, -0.15) is 0 Å². The van der Waals surface area contributed by atoms with E-state index in [2.05, 4.69) is 0 Å². The number of phenolic OH excluding ortho intramolecular Hbond substituents is 1. The van der Waals surface area contributed by atoms with Gasteiger partial charge in [0, 0.05) is 11.1 Å². The van der Waals surface area contributed by atoms with Crippen LogP contribution >= 0.6 is 0 Å². The minimum atomic E-state index is -1.06. The monoisotopic (exact) mass is 270 g/mol. The lowest BCUT2D eigenvalue weighted by Gasteiger charge is -2.31. The quantitative estimate of drug-likeness (QED) is 0.756. The van der Waals surface area contributed by atoms with Crippen molar-refractivity contribution in [3.63, 3.8) is 0 Å². The number of aromatic hydroxyl groups is 1. The number of Topliss-reactive ketones (excluding diaryl/α,β-unsaturated/α-hetero) is 2. The maximum absolute atomic E-state index is 12.4. The summed E-state index contributed by atoms with van der Waals surface area (Å²) in [5.74, 6) is -3.48. The summed E-state index contributed by atoms with van der Waals surface area (Å²) in [6.45, 7) is 0. The summed E-state index contributed by atoms with van der Waals surface area (Å²) in [5, 5.41) is 19.7. The third kappa shape index (κ3) is 1.53. The van der Waals surface area contributed by atoms with Gasteiger partial charge in [-0.1, -0.05) is 18.2 Å². The number of phenols is 1. The van der Waals surface area contributed by atoms with Crippen molar-refractivity contribution in [3.05, 3.63) is 52.8 Å². The third-order valence-corrected chi connectivity index (χ3v) is 3.64. The lowest BCUT2D eigenvalue weighted by Crippen LogP contribution is -2.38. The van der Waals surface area contributed by atoms with Crippen LogP contribution in [0.4, 0.5) is 0 Å². The second-order valence-corrected chi connectivity index (χ2v) is 4.79. The Hall–Kier alpha value is -2.69. The van der Waals surface area contributed by atoms with Crippen LogP contribution in [0.25, 0.3) is 0 Å². The van der Waals surface area contributed by atoms with Crippen LogP contribution in [0, 0.1) is 11.8 Å². The zero-order chi connectivity index (χ0) is 14.4. The van der Waals surface area contributed by atoms with E-state index in [1.165, 1.54) is 30.4 Å². The van der Waals surface area contributed by atoms with Gasteiger partial charge in [-0.05, 0) is 12.1 Å². The number of ketones is 2. The van der Waals surface area contributed by atoms with Crippen molar-refractivity contribution in [2.75, 3.05) is 0 Å². The zero-order valence-corrected chi connectivity index (χ0v) is 10.2. The molecule has 0 bridgehead atoms. The first-order valence-corrected chi connectivity index (χ1v) is 6.02. The Morgan fingerprint density at radius 2 is 1.85 bits per heavy atom. The Balaban J connectivity index is 2.24. The molecule has 2 aliphatic carbocycles. The highest BCUT2D eigenvalue weighted by Gasteiger charge is 2.45. The molecule has 0 heterocycles. The van der Waals surface area contributed by atoms with E-state index in [1.54, 1.807) is 0 Å². The highest BCUT2D eigenvalue weighted by atomic mass is 16.3. The molecular weight excluding hydrogens is 260 g/mol. The second-order valence-electron chi connectivity index (χ2n) is 4.79. The number of allylic oxidation sites excluding steroid dienone is 4. The van der Waals surface area contributed by atoms with E-state index in [9.17, 15) is 24.6 Å². The average Bonchev–Trinajstić information content (AvgIpc) is 2.43. The first kappa shape index (κ1) is 12.3. The molecule has 2 atom stereocenters. The predicted molar refractivity (Wildman–Crippen MR) is 68.6 cm³/mol. The van der Waals surface area contributed by atoms with Crippen molar-refractivity contribution >= 4 is 17.9 Å². The number of carbonyl (C=O) groups is 3. The number of benzene rings is 1. The van der Waals surface area contributed by atoms with E-state index in [0.29, 0.717) is 6.29 Å². The number of hydrogen-bond acceptors (Lipinski definition) is 5. The molecule has 2 N–H and O–H groups in total. The first-order valence-electron chi connectivity index (χ1n) is 6.02. The topological polar surface area (TPSA) is 91.7 Å². The molecule has 0 saturated heterocycles. The Bertz CT molecular complexity index is 711. The van der Waals surface area contributed by atoms with Gasteiger partial charge in [-0.15, -0.1) is 0 Å².